The predicted octanol–water partition coefficient (Wildman–Crippen LogP) is 7.33. The standard InChI is InChI=1S/C32H36Cl3N3O4S/c1-4-30(32(40)36-23-8-5-6-9-23)37(19-26-27(33)10-7-11-28(26)34)31(39)20-38(24-15-14-22(3)29(35)18-24)43(41,42)25-16-12-21(2)13-17-25/h7,10-18,23,30H,4-6,8-9,19-20H2,1-3H3,(H,36,40). The lowest BCUT2D eigenvalue weighted by Crippen LogP contribution is -2.53. The largest absolute Gasteiger partial charge is 0.352 e. The summed E-state index contributed by atoms with van der Waals surface area (Å²) in [6.07, 6.45) is 4.12. The Balaban J connectivity index is 1.76. The Kier molecular flexibility index (Phi) is 11.0. The first-order valence-electron chi connectivity index (χ1n) is 14.3. The molecule has 230 valence electrons. The first-order valence-corrected chi connectivity index (χ1v) is 16.9. The number of hydrogen-bond donors (Lipinski definition) is 1. The maximum absolute atomic E-state index is 14.3. The van der Waals surface area contributed by atoms with Crippen LogP contribution in [0, 0.1) is 13.8 Å². The number of sulfonamides is 1. The average molecular weight is 665 g/mol. The Morgan fingerprint density at radius 3 is 2.14 bits per heavy atom. The second-order valence-corrected chi connectivity index (χ2v) is 14.0. The molecule has 1 aliphatic rings. The molecule has 0 aliphatic heterocycles. The predicted molar refractivity (Wildman–Crippen MR) is 173 cm³/mol. The zero-order valence-corrected chi connectivity index (χ0v) is 27.5. The number of nitrogens with zero attached hydrogens (tertiary/aromatic N) is 2. The molecule has 1 N–H and O–H groups in total. The molecular weight excluding hydrogens is 629 g/mol. The van der Waals surface area contributed by atoms with E-state index < -0.39 is 28.5 Å². The molecule has 7 nitrogen and oxygen atoms in total. The number of anilines is 1. The third-order valence-corrected chi connectivity index (χ3v) is 10.7. The minimum atomic E-state index is -4.22. The molecule has 0 bridgehead atoms. The molecule has 0 aromatic heterocycles. The topological polar surface area (TPSA) is 86.8 Å². The lowest BCUT2D eigenvalue weighted by atomic mass is 10.1. The lowest BCUT2D eigenvalue weighted by molar-refractivity contribution is -0.140. The Morgan fingerprint density at radius 1 is 0.930 bits per heavy atom. The smallest absolute Gasteiger partial charge is 0.264 e. The Hall–Kier alpha value is -2.78. The Bertz CT molecular complexity index is 1550. The molecule has 0 heterocycles. The van der Waals surface area contributed by atoms with Crippen molar-refractivity contribution in [3.05, 3.63) is 92.4 Å². The number of amides is 2. The van der Waals surface area contributed by atoms with Gasteiger partial charge in [0, 0.05) is 33.2 Å². The van der Waals surface area contributed by atoms with Gasteiger partial charge in [-0.15, -0.1) is 0 Å². The summed E-state index contributed by atoms with van der Waals surface area (Å²) >= 11 is 19.4. The zero-order chi connectivity index (χ0) is 31.3. The molecule has 3 aromatic carbocycles. The van der Waals surface area contributed by atoms with Crippen molar-refractivity contribution >= 4 is 62.3 Å². The van der Waals surface area contributed by atoms with Crippen LogP contribution in [0.4, 0.5) is 5.69 Å². The molecule has 0 saturated heterocycles. The Labute approximate surface area is 269 Å². The Morgan fingerprint density at radius 2 is 1.56 bits per heavy atom. The summed E-state index contributed by atoms with van der Waals surface area (Å²) in [4.78, 5) is 29.3. The van der Waals surface area contributed by atoms with E-state index in [0.29, 0.717) is 27.1 Å². The fraction of sp³-hybridized carbons (Fsp3) is 0.375. The van der Waals surface area contributed by atoms with Crippen molar-refractivity contribution in [2.75, 3.05) is 10.8 Å². The van der Waals surface area contributed by atoms with E-state index in [-0.39, 0.29) is 29.1 Å². The first-order chi connectivity index (χ1) is 20.4. The molecule has 1 fully saturated rings. The second kappa shape index (κ2) is 14.3. The third-order valence-electron chi connectivity index (χ3n) is 7.81. The minimum Gasteiger partial charge on any atom is -0.352 e. The van der Waals surface area contributed by atoms with Crippen LogP contribution in [0.15, 0.2) is 65.6 Å². The molecule has 0 spiro atoms. The molecule has 3 aromatic rings. The summed E-state index contributed by atoms with van der Waals surface area (Å²) in [6, 6.07) is 15.4. The summed E-state index contributed by atoms with van der Waals surface area (Å²) in [5, 5.41) is 4.13. The number of carbonyl (C=O) groups is 2. The highest BCUT2D eigenvalue weighted by Crippen LogP contribution is 2.31. The number of nitrogens with one attached hydrogen (secondary N) is 1. The van der Waals surface area contributed by atoms with Crippen molar-refractivity contribution < 1.29 is 18.0 Å². The highest BCUT2D eigenvalue weighted by atomic mass is 35.5. The average Bonchev–Trinajstić information content (AvgIpc) is 3.47. The quantitative estimate of drug-likeness (QED) is 0.233. The summed E-state index contributed by atoms with van der Waals surface area (Å²) < 4.78 is 29.2. The van der Waals surface area contributed by atoms with Crippen LogP contribution in [0.5, 0.6) is 0 Å². The molecule has 11 heteroatoms. The van der Waals surface area contributed by atoms with Crippen molar-refractivity contribution in [2.24, 2.45) is 0 Å². The van der Waals surface area contributed by atoms with Gasteiger partial charge >= 0.3 is 0 Å². The van der Waals surface area contributed by atoms with E-state index >= 15 is 0 Å². The van der Waals surface area contributed by atoms with Gasteiger partial charge < -0.3 is 10.2 Å². The van der Waals surface area contributed by atoms with E-state index in [1.807, 2.05) is 13.8 Å². The van der Waals surface area contributed by atoms with Gasteiger partial charge in [-0.05, 0) is 75.1 Å². The van der Waals surface area contributed by atoms with Crippen LogP contribution in [-0.2, 0) is 26.2 Å². The third kappa shape index (κ3) is 7.85. The second-order valence-electron chi connectivity index (χ2n) is 10.9. The zero-order valence-electron chi connectivity index (χ0n) is 24.4. The molecule has 1 saturated carbocycles. The van der Waals surface area contributed by atoms with Gasteiger partial charge in [-0.1, -0.05) is 84.4 Å². The van der Waals surface area contributed by atoms with Gasteiger partial charge in [-0.2, -0.15) is 0 Å². The van der Waals surface area contributed by atoms with Crippen molar-refractivity contribution in [3.63, 3.8) is 0 Å². The maximum atomic E-state index is 14.3. The molecule has 2 amide bonds. The number of aryl methyl sites for hydroxylation is 2. The molecule has 1 atom stereocenters. The summed E-state index contributed by atoms with van der Waals surface area (Å²) in [5.41, 5.74) is 2.34. The summed E-state index contributed by atoms with van der Waals surface area (Å²) in [6.45, 7) is 4.82. The summed E-state index contributed by atoms with van der Waals surface area (Å²) in [5.74, 6) is -0.881. The number of carbonyl (C=O) groups excluding carboxylic acids is 2. The van der Waals surface area contributed by atoms with Gasteiger partial charge in [-0.25, -0.2) is 8.42 Å². The number of hydrogen-bond acceptors (Lipinski definition) is 4. The fourth-order valence-electron chi connectivity index (χ4n) is 5.24. The lowest BCUT2D eigenvalue weighted by Gasteiger charge is -2.34. The first kappa shape index (κ1) is 33.1. The number of rotatable bonds is 11. The van der Waals surface area contributed by atoms with E-state index in [1.165, 1.54) is 23.1 Å². The van der Waals surface area contributed by atoms with Crippen molar-refractivity contribution in [1.82, 2.24) is 10.2 Å². The van der Waals surface area contributed by atoms with Crippen LogP contribution in [0.2, 0.25) is 15.1 Å². The SMILES string of the molecule is CCC(C(=O)NC1CCCC1)N(Cc1c(Cl)cccc1Cl)C(=O)CN(c1ccc(C)c(Cl)c1)S(=O)(=O)c1ccc(C)cc1. The number of halogens is 3. The normalized spacial score (nSPS) is 14.4. The van der Waals surface area contributed by atoms with E-state index in [4.69, 9.17) is 34.8 Å². The maximum Gasteiger partial charge on any atom is 0.264 e. The van der Waals surface area contributed by atoms with Crippen molar-refractivity contribution in [2.45, 2.75) is 76.4 Å². The van der Waals surface area contributed by atoms with E-state index in [9.17, 15) is 18.0 Å². The van der Waals surface area contributed by atoms with Crippen LogP contribution in [0.1, 0.15) is 55.7 Å². The molecule has 1 unspecified atom stereocenters. The van der Waals surface area contributed by atoms with E-state index in [2.05, 4.69) is 5.32 Å². The van der Waals surface area contributed by atoms with Crippen LogP contribution < -0.4 is 9.62 Å². The van der Waals surface area contributed by atoms with Gasteiger partial charge in [0.05, 0.1) is 10.6 Å². The molecule has 43 heavy (non-hydrogen) atoms. The van der Waals surface area contributed by atoms with Crippen LogP contribution in [0.3, 0.4) is 0 Å². The van der Waals surface area contributed by atoms with Gasteiger partial charge in [0.15, 0.2) is 0 Å². The van der Waals surface area contributed by atoms with Crippen LogP contribution in [0.25, 0.3) is 0 Å². The monoisotopic (exact) mass is 663 g/mol. The van der Waals surface area contributed by atoms with Gasteiger partial charge in [-0.3, -0.25) is 13.9 Å². The molecule has 0 radical (unpaired) electrons. The van der Waals surface area contributed by atoms with E-state index in [0.717, 1.165) is 41.1 Å². The van der Waals surface area contributed by atoms with Gasteiger partial charge in [0.2, 0.25) is 11.8 Å². The summed E-state index contributed by atoms with van der Waals surface area (Å²) in [7, 11) is -4.22. The van der Waals surface area contributed by atoms with Crippen molar-refractivity contribution in [1.29, 1.82) is 0 Å². The fourth-order valence-corrected chi connectivity index (χ4v) is 7.34. The number of benzene rings is 3. The van der Waals surface area contributed by atoms with Crippen LogP contribution in [-0.4, -0.2) is 43.8 Å². The van der Waals surface area contributed by atoms with Crippen molar-refractivity contribution in [3.8, 4) is 0 Å². The molecule has 4 rings (SSSR count). The minimum absolute atomic E-state index is 0.0225. The van der Waals surface area contributed by atoms with Crippen LogP contribution >= 0.6 is 34.8 Å². The highest BCUT2D eigenvalue weighted by molar-refractivity contribution is 7.92. The van der Waals surface area contributed by atoms with Gasteiger partial charge in [0.25, 0.3) is 10.0 Å². The van der Waals surface area contributed by atoms with Gasteiger partial charge in [0.1, 0.15) is 12.6 Å². The van der Waals surface area contributed by atoms with E-state index in [1.54, 1.807) is 49.4 Å². The molecule has 1 aliphatic carbocycles. The highest BCUT2D eigenvalue weighted by Gasteiger charge is 2.35. The molecular formula is C32H36Cl3N3O4S.